The number of benzene rings is 2. The van der Waals surface area contributed by atoms with Crippen LogP contribution in [0.2, 0.25) is 0 Å². The third-order valence-electron chi connectivity index (χ3n) is 2.76. The van der Waals surface area contributed by atoms with Crippen molar-refractivity contribution in [3.8, 4) is 5.75 Å². The molecular formula is C15H15F2NO. The number of rotatable bonds is 4. The van der Waals surface area contributed by atoms with Crippen LogP contribution >= 0.6 is 0 Å². The van der Waals surface area contributed by atoms with E-state index in [9.17, 15) is 8.78 Å². The maximum Gasteiger partial charge on any atom is 0.131 e. The lowest BCUT2D eigenvalue weighted by molar-refractivity contribution is 0.303. The Labute approximate surface area is 110 Å². The van der Waals surface area contributed by atoms with E-state index in [0.29, 0.717) is 16.9 Å². The van der Waals surface area contributed by atoms with Crippen molar-refractivity contribution in [1.82, 2.24) is 0 Å². The van der Waals surface area contributed by atoms with Crippen LogP contribution in [0.4, 0.5) is 8.78 Å². The quantitative estimate of drug-likeness (QED) is 0.915. The summed E-state index contributed by atoms with van der Waals surface area (Å²) in [4.78, 5) is 0. The molecule has 0 saturated carbocycles. The minimum atomic E-state index is -0.397. The summed E-state index contributed by atoms with van der Waals surface area (Å²) in [5.41, 5.74) is 6.76. The van der Waals surface area contributed by atoms with Crippen LogP contribution in [0, 0.1) is 11.6 Å². The zero-order valence-corrected chi connectivity index (χ0v) is 10.6. The van der Waals surface area contributed by atoms with Gasteiger partial charge in [-0.15, -0.1) is 0 Å². The topological polar surface area (TPSA) is 35.2 Å². The van der Waals surface area contributed by atoms with Crippen LogP contribution in [0.25, 0.3) is 0 Å². The Morgan fingerprint density at radius 2 is 1.95 bits per heavy atom. The van der Waals surface area contributed by atoms with Crippen molar-refractivity contribution < 1.29 is 13.5 Å². The highest BCUT2D eigenvalue weighted by Crippen LogP contribution is 2.21. The van der Waals surface area contributed by atoms with Gasteiger partial charge in [-0.25, -0.2) is 8.78 Å². The molecule has 0 aromatic heterocycles. The van der Waals surface area contributed by atoms with E-state index in [0.717, 1.165) is 0 Å². The van der Waals surface area contributed by atoms with Gasteiger partial charge in [0.25, 0.3) is 0 Å². The predicted molar refractivity (Wildman–Crippen MR) is 69.7 cm³/mol. The van der Waals surface area contributed by atoms with Gasteiger partial charge in [0.15, 0.2) is 0 Å². The zero-order valence-electron chi connectivity index (χ0n) is 10.6. The standard InChI is InChI=1S/C15H15F2NO/c1-10(18)14-6-5-13(8-15(14)17)19-9-11-3-2-4-12(16)7-11/h2-8,10H,9,18H2,1H3/t10-/m0/s1. The molecule has 0 amide bonds. The van der Waals surface area contributed by atoms with Gasteiger partial charge in [-0.1, -0.05) is 18.2 Å². The van der Waals surface area contributed by atoms with Crippen molar-refractivity contribution in [3.05, 3.63) is 65.2 Å². The van der Waals surface area contributed by atoms with Crippen molar-refractivity contribution in [3.63, 3.8) is 0 Å². The summed E-state index contributed by atoms with van der Waals surface area (Å²) in [6, 6.07) is 10.3. The van der Waals surface area contributed by atoms with Gasteiger partial charge in [-0.05, 0) is 30.7 Å². The number of hydrogen-bond donors (Lipinski definition) is 1. The fourth-order valence-corrected chi connectivity index (χ4v) is 1.76. The maximum absolute atomic E-state index is 13.7. The molecule has 0 aliphatic rings. The number of hydrogen-bond acceptors (Lipinski definition) is 2. The van der Waals surface area contributed by atoms with Crippen LogP contribution in [-0.2, 0) is 6.61 Å². The Morgan fingerprint density at radius 1 is 1.16 bits per heavy atom. The number of nitrogens with two attached hydrogens (primary N) is 1. The summed E-state index contributed by atoms with van der Waals surface area (Å²) in [5, 5.41) is 0. The van der Waals surface area contributed by atoms with Crippen LogP contribution in [0.15, 0.2) is 42.5 Å². The summed E-state index contributed by atoms with van der Waals surface area (Å²) in [5.74, 6) is -0.322. The lowest BCUT2D eigenvalue weighted by Crippen LogP contribution is -2.07. The molecule has 0 radical (unpaired) electrons. The average molecular weight is 263 g/mol. The lowest BCUT2D eigenvalue weighted by Gasteiger charge is -2.10. The second-order valence-electron chi connectivity index (χ2n) is 4.39. The van der Waals surface area contributed by atoms with E-state index in [-0.39, 0.29) is 18.5 Å². The molecule has 0 spiro atoms. The van der Waals surface area contributed by atoms with Gasteiger partial charge in [-0.3, -0.25) is 0 Å². The lowest BCUT2D eigenvalue weighted by atomic mass is 10.1. The van der Waals surface area contributed by atoms with Crippen molar-refractivity contribution in [2.45, 2.75) is 19.6 Å². The SMILES string of the molecule is C[C@H](N)c1ccc(OCc2cccc(F)c2)cc1F. The minimum absolute atomic E-state index is 0.189. The first-order chi connectivity index (χ1) is 9.06. The molecule has 19 heavy (non-hydrogen) atoms. The van der Waals surface area contributed by atoms with E-state index >= 15 is 0 Å². The number of ether oxygens (including phenoxy) is 1. The maximum atomic E-state index is 13.7. The van der Waals surface area contributed by atoms with Gasteiger partial charge in [0.1, 0.15) is 24.0 Å². The first kappa shape index (κ1) is 13.5. The minimum Gasteiger partial charge on any atom is -0.489 e. The highest BCUT2D eigenvalue weighted by molar-refractivity contribution is 5.30. The van der Waals surface area contributed by atoms with Crippen molar-refractivity contribution in [2.24, 2.45) is 5.73 Å². The molecule has 0 aliphatic heterocycles. The number of halogens is 2. The third kappa shape index (κ3) is 3.51. The fourth-order valence-electron chi connectivity index (χ4n) is 1.76. The zero-order chi connectivity index (χ0) is 13.8. The normalized spacial score (nSPS) is 12.2. The summed E-state index contributed by atoms with van der Waals surface area (Å²) >= 11 is 0. The molecule has 2 rings (SSSR count). The molecule has 0 fully saturated rings. The smallest absolute Gasteiger partial charge is 0.131 e. The Kier molecular flexibility index (Phi) is 4.12. The molecule has 2 aromatic rings. The Balaban J connectivity index is 2.06. The highest BCUT2D eigenvalue weighted by atomic mass is 19.1. The Morgan fingerprint density at radius 3 is 2.58 bits per heavy atom. The molecule has 0 unspecified atom stereocenters. The van der Waals surface area contributed by atoms with Gasteiger partial charge in [-0.2, -0.15) is 0 Å². The monoisotopic (exact) mass is 263 g/mol. The molecule has 2 N–H and O–H groups in total. The first-order valence-electron chi connectivity index (χ1n) is 5.98. The molecular weight excluding hydrogens is 248 g/mol. The molecule has 2 nitrogen and oxygen atoms in total. The van der Waals surface area contributed by atoms with Gasteiger partial charge in [0.05, 0.1) is 0 Å². The van der Waals surface area contributed by atoms with E-state index in [1.54, 1.807) is 31.2 Å². The molecule has 2 aromatic carbocycles. The second-order valence-corrected chi connectivity index (χ2v) is 4.39. The van der Waals surface area contributed by atoms with Gasteiger partial charge < -0.3 is 10.5 Å². The van der Waals surface area contributed by atoms with E-state index in [1.165, 1.54) is 18.2 Å². The van der Waals surface area contributed by atoms with Crippen molar-refractivity contribution in [1.29, 1.82) is 0 Å². The molecule has 100 valence electrons. The average Bonchev–Trinajstić information content (AvgIpc) is 2.36. The second kappa shape index (κ2) is 5.80. The van der Waals surface area contributed by atoms with Crippen LogP contribution in [-0.4, -0.2) is 0 Å². The van der Waals surface area contributed by atoms with Gasteiger partial charge in [0.2, 0.25) is 0 Å². The van der Waals surface area contributed by atoms with Gasteiger partial charge >= 0.3 is 0 Å². The molecule has 4 heteroatoms. The summed E-state index contributed by atoms with van der Waals surface area (Å²) in [6.45, 7) is 1.90. The van der Waals surface area contributed by atoms with E-state index < -0.39 is 5.82 Å². The van der Waals surface area contributed by atoms with Crippen molar-refractivity contribution >= 4 is 0 Å². The summed E-state index contributed by atoms with van der Waals surface area (Å²) in [6.07, 6.45) is 0. The molecule has 0 bridgehead atoms. The third-order valence-corrected chi connectivity index (χ3v) is 2.76. The predicted octanol–water partition coefficient (Wildman–Crippen LogP) is 3.56. The van der Waals surface area contributed by atoms with Crippen LogP contribution in [0.5, 0.6) is 5.75 Å². The van der Waals surface area contributed by atoms with Crippen LogP contribution in [0.3, 0.4) is 0 Å². The van der Waals surface area contributed by atoms with Crippen LogP contribution in [0.1, 0.15) is 24.1 Å². The van der Waals surface area contributed by atoms with Crippen molar-refractivity contribution in [2.75, 3.05) is 0 Å². The summed E-state index contributed by atoms with van der Waals surface area (Å²) < 4.78 is 32.1. The van der Waals surface area contributed by atoms with E-state index in [1.807, 2.05) is 0 Å². The molecule has 1 atom stereocenters. The van der Waals surface area contributed by atoms with E-state index in [2.05, 4.69) is 0 Å². The first-order valence-corrected chi connectivity index (χ1v) is 5.98. The van der Waals surface area contributed by atoms with Crippen LogP contribution < -0.4 is 10.5 Å². The van der Waals surface area contributed by atoms with E-state index in [4.69, 9.17) is 10.5 Å². The highest BCUT2D eigenvalue weighted by Gasteiger charge is 2.08. The molecule has 0 saturated heterocycles. The Hall–Kier alpha value is -1.94. The van der Waals surface area contributed by atoms with Gasteiger partial charge in [0, 0.05) is 17.7 Å². The fraction of sp³-hybridized carbons (Fsp3) is 0.200. The summed E-state index contributed by atoms with van der Waals surface area (Å²) in [7, 11) is 0. The Bertz CT molecular complexity index is 570. The molecule has 0 aliphatic carbocycles. The largest absolute Gasteiger partial charge is 0.489 e. The molecule has 0 heterocycles.